The molecular formula is C19H18N2O3. The first-order valence-corrected chi connectivity index (χ1v) is 7.68. The predicted octanol–water partition coefficient (Wildman–Crippen LogP) is 3.05. The number of para-hydroxylation sites is 3. The molecule has 0 aliphatic rings. The quantitative estimate of drug-likeness (QED) is 0.709. The van der Waals surface area contributed by atoms with Crippen LogP contribution < -0.4 is 14.8 Å². The zero-order chi connectivity index (χ0) is 16.8. The van der Waals surface area contributed by atoms with E-state index < -0.39 is 0 Å². The van der Waals surface area contributed by atoms with Crippen LogP contribution in [0.5, 0.6) is 11.5 Å². The van der Waals surface area contributed by atoms with Crippen molar-refractivity contribution in [2.75, 3.05) is 20.3 Å². The van der Waals surface area contributed by atoms with Crippen LogP contribution in [0.2, 0.25) is 0 Å². The van der Waals surface area contributed by atoms with Crippen LogP contribution in [-0.4, -0.2) is 31.2 Å². The second-order valence-corrected chi connectivity index (χ2v) is 5.14. The molecule has 0 spiro atoms. The molecule has 1 heterocycles. The Labute approximate surface area is 140 Å². The third-order valence-corrected chi connectivity index (χ3v) is 3.55. The van der Waals surface area contributed by atoms with Crippen LogP contribution in [0.3, 0.4) is 0 Å². The number of hydrogen-bond donors (Lipinski definition) is 1. The lowest BCUT2D eigenvalue weighted by Crippen LogP contribution is -2.28. The molecule has 0 saturated carbocycles. The first-order chi connectivity index (χ1) is 11.8. The molecular weight excluding hydrogens is 304 g/mol. The van der Waals surface area contributed by atoms with Crippen molar-refractivity contribution in [2.24, 2.45) is 0 Å². The van der Waals surface area contributed by atoms with E-state index in [0.29, 0.717) is 30.3 Å². The van der Waals surface area contributed by atoms with Gasteiger partial charge in [0.2, 0.25) is 0 Å². The SMILES string of the molecule is COc1ccccc1OCCNC(=O)c1ccc2ccccc2n1. The van der Waals surface area contributed by atoms with Crippen LogP contribution in [0.4, 0.5) is 0 Å². The summed E-state index contributed by atoms with van der Waals surface area (Å²) in [6, 6.07) is 18.7. The number of hydrogen-bond acceptors (Lipinski definition) is 4. The lowest BCUT2D eigenvalue weighted by molar-refractivity contribution is 0.0942. The highest BCUT2D eigenvalue weighted by Gasteiger charge is 2.08. The number of nitrogens with zero attached hydrogens (tertiary/aromatic N) is 1. The number of nitrogens with one attached hydrogen (secondary N) is 1. The molecule has 1 amide bonds. The second kappa shape index (κ2) is 7.46. The lowest BCUT2D eigenvalue weighted by atomic mass is 10.2. The van der Waals surface area contributed by atoms with Crippen LogP contribution >= 0.6 is 0 Å². The fourth-order valence-corrected chi connectivity index (χ4v) is 2.35. The Bertz CT molecular complexity index is 849. The molecule has 3 rings (SSSR count). The van der Waals surface area contributed by atoms with E-state index in [9.17, 15) is 4.79 Å². The second-order valence-electron chi connectivity index (χ2n) is 5.14. The molecule has 0 atom stereocenters. The van der Waals surface area contributed by atoms with Crippen molar-refractivity contribution in [3.05, 3.63) is 66.4 Å². The molecule has 0 bridgehead atoms. The third-order valence-electron chi connectivity index (χ3n) is 3.55. The molecule has 0 saturated heterocycles. The van der Waals surface area contributed by atoms with Gasteiger partial charge < -0.3 is 14.8 Å². The predicted molar refractivity (Wildman–Crippen MR) is 92.6 cm³/mol. The Morgan fingerprint density at radius 3 is 2.58 bits per heavy atom. The minimum absolute atomic E-state index is 0.218. The average Bonchev–Trinajstić information content (AvgIpc) is 2.65. The summed E-state index contributed by atoms with van der Waals surface area (Å²) in [6.07, 6.45) is 0. The number of fused-ring (bicyclic) bond motifs is 1. The summed E-state index contributed by atoms with van der Waals surface area (Å²) in [5.74, 6) is 1.10. The summed E-state index contributed by atoms with van der Waals surface area (Å²) in [5.41, 5.74) is 1.20. The molecule has 0 fully saturated rings. The van der Waals surface area contributed by atoms with Crippen molar-refractivity contribution in [3.63, 3.8) is 0 Å². The van der Waals surface area contributed by atoms with E-state index in [1.807, 2.05) is 54.6 Å². The third kappa shape index (κ3) is 3.63. The highest BCUT2D eigenvalue weighted by molar-refractivity contribution is 5.94. The number of amides is 1. The fraction of sp³-hybridized carbons (Fsp3) is 0.158. The van der Waals surface area contributed by atoms with Crippen LogP contribution in [0.1, 0.15) is 10.5 Å². The van der Waals surface area contributed by atoms with Gasteiger partial charge in [0.25, 0.3) is 5.91 Å². The largest absolute Gasteiger partial charge is 0.493 e. The Hall–Kier alpha value is -3.08. The number of rotatable bonds is 6. The van der Waals surface area contributed by atoms with Gasteiger partial charge in [0.15, 0.2) is 11.5 Å². The molecule has 3 aromatic rings. The minimum Gasteiger partial charge on any atom is -0.493 e. The maximum Gasteiger partial charge on any atom is 0.270 e. The zero-order valence-corrected chi connectivity index (χ0v) is 13.4. The number of carbonyl (C=O) groups is 1. The first-order valence-electron chi connectivity index (χ1n) is 7.68. The number of pyridine rings is 1. The molecule has 5 heteroatoms. The normalized spacial score (nSPS) is 10.4. The van der Waals surface area contributed by atoms with Gasteiger partial charge in [-0.25, -0.2) is 4.98 Å². The molecule has 0 unspecified atom stereocenters. The van der Waals surface area contributed by atoms with Gasteiger partial charge in [-0.2, -0.15) is 0 Å². The minimum atomic E-state index is -0.218. The van der Waals surface area contributed by atoms with Gasteiger partial charge in [-0.1, -0.05) is 36.4 Å². The highest BCUT2D eigenvalue weighted by atomic mass is 16.5. The van der Waals surface area contributed by atoms with E-state index in [1.54, 1.807) is 13.2 Å². The van der Waals surface area contributed by atoms with Crippen molar-refractivity contribution in [3.8, 4) is 11.5 Å². The lowest BCUT2D eigenvalue weighted by Gasteiger charge is -2.10. The van der Waals surface area contributed by atoms with Gasteiger partial charge in [-0.15, -0.1) is 0 Å². The van der Waals surface area contributed by atoms with Crippen molar-refractivity contribution >= 4 is 16.8 Å². The van der Waals surface area contributed by atoms with E-state index >= 15 is 0 Å². The Kier molecular flexibility index (Phi) is 4.91. The summed E-state index contributed by atoms with van der Waals surface area (Å²) in [5, 5.41) is 3.81. The van der Waals surface area contributed by atoms with Crippen molar-refractivity contribution in [1.82, 2.24) is 10.3 Å². The molecule has 0 aliphatic carbocycles. The van der Waals surface area contributed by atoms with E-state index in [-0.39, 0.29) is 5.91 Å². The van der Waals surface area contributed by atoms with E-state index in [2.05, 4.69) is 10.3 Å². The maximum absolute atomic E-state index is 12.2. The number of benzene rings is 2. The maximum atomic E-state index is 12.2. The number of ether oxygens (including phenoxy) is 2. The molecule has 122 valence electrons. The van der Waals surface area contributed by atoms with Crippen molar-refractivity contribution in [1.29, 1.82) is 0 Å². The van der Waals surface area contributed by atoms with Gasteiger partial charge in [0.1, 0.15) is 12.3 Å². The highest BCUT2D eigenvalue weighted by Crippen LogP contribution is 2.25. The van der Waals surface area contributed by atoms with E-state index in [1.165, 1.54) is 0 Å². The fourth-order valence-electron chi connectivity index (χ4n) is 2.35. The monoisotopic (exact) mass is 322 g/mol. The Morgan fingerprint density at radius 2 is 1.75 bits per heavy atom. The van der Waals surface area contributed by atoms with Gasteiger partial charge >= 0.3 is 0 Å². The molecule has 0 aliphatic heterocycles. The Morgan fingerprint density at radius 1 is 1.00 bits per heavy atom. The van der Waals surface area contributed by atoms with Gasteiger partial charge in [0, 0.05) is 5.39 Å². The summed E-state index contributed by atoms with van der Waals surface area (Å²) >= 11 is 0. The van der Waals surface area contributed by atoms with Crippen LogP contribution in [0.15, 0.2) is 60.7 Å². The number of methoxy groups -OCH3 is 1. The van der Waals surface area contributed by atoms with Gasteiger partial charge in [0.05, 0.1) is 19.2 Å². The summed E-state index contributed by atoms with van der Waals surface area (Å²) in [6.45, 7) is 0.727. The topological polar surface area (TPSA) is 60.5 Å². The molecule has 2 aromatic carbocycles. The van der Waals surface area contributed by atoms with Crippen LogP contribution in [0.25, 0.3) is 10.9 Å². The standard InChI is InChI=1S/C19H18N2O3/c1-23-17-8-4-5-9-18(17)24-13-12-20-19(22)16-11-10-14-6-2-3-7-15(14)21-16/h2-11H,12-13H2,1H3,(H,20,22). The van der Waals surface area contributed by atoms with Crippen LogP contribution in [0, 0.1) is 0 Å². The smallest absolute Gasteiger partial charge is 0.270 e. The summed E-state index contributed by atoms with van der Waals surface area (Å²) < 4.78 is 10.8. The summed E-state index contributed by atoms with van der Waals surface area (Å²) in [7, 11) is 1.59. The van der Waals surface area contributed by atoms with Crippen LogP contribution in [-0.2, 0) is 0 Å². The molecule has 1 N–H and O–H groups in total. The molecule has 24 heavy (non-hydrogen) atoms. The first kappa shape index (κ1) is 15.8. The van der Waals surface area contributed by atoms with Gasteiger partial charge in [-0.3, -0.25) is 4.79 Å². The van der Waals surface area contributed by atoms with E-state index in [4.69, 9.17) is 9.47 Å². The van der Waals surface area contributed by atoms with Crippen molar-refractivity contribution < 1.29 is 14.3 Å². The molecule has 1 aromatic heterocycles. The molecule has 0 radical (unpaired) electrons. The van der Waals surface area contributed by atoms with Gasteiger partial charge in [-0.05, 0) is 24.3 Å². The number of carbonyl (C=O) groups excluding carboxylic acids is 1. The zero-order valence-electron chi connectivity index (χ0n) is 13.4. The Balaban J connectivity index is 1.55. The van der Waals surface area contributed by atoms with Crippen molar-refractivity contribution in [2.45, 2.75) is 0 Å². The average molecular weight is 322 g/mol. The molecule has 5 nitrogen and oxygen atoms in total. The number of aromatic nitrogens is 1. The van der Waals surface area contributed by atoms with E-state index in [0.717, 1.165) is 10.9 Å². The summed E-state index contributed by atoms with van der Waals surface area (Å²) in [4.78, 5) is 16.5.